The third kappa shape index (κ3) is 2.04. The van der Waals surface area contributed by atoms with Crippen LogP contribution in [0.1, 0.15) is 10.5 Å². The van der Waals surface area contributed by atoms with E-state index in [9.17, 15) is 4.79 Å². The first-order valence-corrected chi connectivity index (χ1v) is 5.89. The van der Waals surface area contributed by atoms with Gasteiger partial charge in [0.15, 0.2) is 0 Å². The Balaban J connectivity index is 1.96. The van der Waals surface area contributed by atoms with Crippen LogP contribution >= 0.6 is 0 Å². The molecule has 1 aromatic heterocycles. The lowest BCUT2D eigenvalue weighted by Crippen LogP contribution is -2.10. The molecule has 3 rings (SSSR count). The van der Waals surface area contributed by atoms with Crippen LogP contribution in [0.4, 0.5) is 5.69 Å². The summed E-state index contributed by atoms with van der Waals surface area (Å²) in [5.41, 5.74) is 7.48. The molecule has 0 atom stereocenters. The second-order valence-electron chi connectivity index (χ2n) is 4.16. The zero-order valence-electron chi connectivity index (χ0n) is 10.1. The van der Waals surface area contributed by atoms with Gasteiger partial charge in [0.05, 0.1) is 5.69 Å². The van der Waals surface area contributed by atoms with E-state index >= 15 is 0 Å². The van der Waals surface area contributed by atoms with Crippen molar-refractivity contribution in [3.63, 3.8) is 0 Å². The lowest BCUT2D eigenvalue weighted by atomic mass is 10.2. The van der Waals surface area contributed by atoms with Gasteiger partial charge in [0.2, 0.25) is 0 Å². The lowest BCUT2D eigenvalue weighted by molar-refractivity contribution is 0.0731. The number of aromatic amines is 1. The molecule has 0 fully saturated rings. The second-order valence-corrected chi connectivity index (χ2v) is 4.16. The number of H-pyrrole nitrogens is 1. The van der Waals surface area contributed by atoms with Crippen molar-refractivity contribution in [2.45, 2.75) is 0 Å². The summed E-state index contributed by atoms with van der Waals surface area (Å²) in [6, 6.07) is 16.4. The smallest absolute Gasteiger partial charge is 0.362 e. The first-order valence-electron chi connectivity index (χ1n) is 5.89. The summed E-state index contributed by atoms with van der Waals surface area (Å²) in [5, 5.41) is 0.822. The first-order chi connectivity index (χ1) is 9.25. The number of rotatable bonds is 2. The summed E-state index contributed by atoms with van der Waals surface area (Å²) < 4.78 is 5.26. The van der Waals surface area contributed by atoms with Gasteiger partial charge in [-0.25, -0.2) is 4.79 Å². The molecule has 0 saturated carbocycles. The van der Waals surface area contributed by atoms with Gasteiger partial charge in [-0.2, -0.15) is 0 Å². The van der Waals surface area contributed by atoms with Crippen LogP contribution in [0.5, 0.6) is 5.75 Å². The fourth-order valence-corrected chi connectivity index (χ4v) is 1.97. The number of carbonyl (C=O) groups excluding carboxylic acids is 1. The van der Waals surface area contributed by atoms with Gasteiger partial charge in [0.1, 0.15) is 11.4 Å². The summed E-state index contributed by atoms with van der Waals surface area (Å²) in [7, 11) is 0. The minimum Gasteiger partial charge on any atom is -0.422 e. The molecule has 3 aromatic rings. The molecule has 19 heavy (non-hydrogen) atoms. The highest BCUT2D eigenvalue weighted by Gasteiger charge is 2.17. The Morgan fingerprint density at radius 3 is 2.42 bits per heavy atom. The monoisotopic (exact) mass is 252 g/mol. The van der Waals surface area contributed by atoms with Crippen molar-refractivity contribution in [3.8, 4) is 5.75 Å². The summed E-state index contributed by atoms with van der Waals surface area (Å²) >= 11 is 0. The highest BCUT2D eigenvalue weighted by atomic mass is 16.5. The Morgan fingerprint density at radius 2 is 1.68 bits per heavy atom. The molecule has 2 aromatic carbocycles. The quantitative estimate of drug-likeness (QED) is 0.544. The number of nitrogens with two attached hydrogens (primary N) is 1. The SMILES string of the molecule is Nc1c(C(=O)Oc2ccccc2)[nH]c2ccccc12. The highest BCUT2D eigenvalue weighted by Crippen LogP contribution is 2.25. The Hall–Kier alpha value is -2.75. The van der Waals surface area contributed by atoms with Gasteiger partial charge >= 0.3 is 5.97 Å². The molecule has 0 radical (unpaired) electrons. The third-order valence-corrected chi connectivity index (χ3v) is 2.90. The average molecular weight is 252 g/mol. The number of benzene rings is 2. The van der Waals surface area contributed by atoms with Crippen molar-refractivity contribution in [1.82, 2.24) is 4.98 Å². The van der Waals surface area contributed by atoms with E-state index in [0.29, 0.717) is 11.4 Å². The Kier molecular flexibility index (Phi) is 2.68. The van der Waals surface area contributed by atoms with Crippen LogP contribution in [0.15, 0.2) is 54.6 Å². The van der Waals surface area contributed by atoms with E-state index in [1.54, 1.807) is 24.3 Å². The predicted molar refractivity (Wildman–Crippen MR) is 74.1 cm³/mol. The molecule has 3 N–H and O–H groups in total. The standard InChI is InChI=1S/C15H12N2O2/c16-13-11-8-4-5-9-12(11)17-14(13)15(18)19-10-6-2-1-3-7-10/h1-9,17H,16H2. The van der Waals surface area contributed by atoms with Gasteiger partial charge in [0.25, 0.3) is 0 Å². The number of hydrogen-bond donors (Lipinski definition) is 2. The number of nitrogen functional groups attached to an aromatic ring is 1. The van der Waals surface area contributed by atoms with Crippen molar-refractivity contribution in [2.75, 3.05) is 5.73 Å². The van der Waals surface area contributed by atoms with Crippen LogP contribution in [0.2, 0.25) is 0 Å². The number of nitrogens with one attached hydrogen (secondary N) is 1. The number of para-hydroxylation sites is 2. The van der Waals surface area contributed by atoms with Gasteiger partial charge in [0, 0.05) is 10.9 Å². The van der Waals surface area contributed by atoms with Gasteiger partial charge in [-0.05, 0) is 18.2 Å². The van der Waals surface area contributed by atoms with Crippen molar-refractivity contribution < 1.29 is 9.53 Å². The number of hydrogen-bond acceptors (Lipinski definition) is 3. The topological polar surface area (TPSA) is 68.1 Å². The summed E-state index contributed by atoms with van der Waals surface area (Å²) in [6.07, 6.45) is 0. The van der Waals surface area contributed by atoms with E-state index in [1.807, 2.05) is 30.3 Å². The minimum atomic E-state index is -0.486. The molecule has 1 heterocycles. The van der Waals surface area contributed by atoms with Gasteiger partial charge in [-0.15, -0.1) is 0 Å². The number of ether oxygens (including phenoxy) is 1. The number of aromatic nitrogens is 1. The zero-order valence-corrected chi connectivity index (χ0v) is 10.1. The summed E-state index contributed by atoms with van der Waals surface area (Å²) in [5.74, 6) is 0.00505. The maximum Gasteiger partial charge on any atom is 0.362 e. The van der Waals surface area contributed by atoms with Crippen molar-refractivity contribution in [1.29, 1.82) is 0 Å². The predicted octanol–water partition coefficient (Wildman–Crippen LogP) is 2.97. The van der Waals surface area contributed by atoms with Crippen LogP contribution in [0.3, 0.4) is 0 Å². The minimum absolute atomic E-state index is 0.282. The molecular formula is C15H12N2O2. The zero-order chi connectivity index (χ0) is 13.2. The van der Waals surface area contributed by atoms with Crippen LogP contribution < -0.4 is 10.5 Å². The Morgan fingerprint density at radius 1 is 1.00 bits per heavy atom. The fraction of sp³-hybridized carbons (Fsp3) is 0. The highest BCUT2D eigenvalue weighted by molar-refractivity contribution is 6.05. The maximum absolute atomic E-state index is 12.1. The molecule has 0 unspecified atom stereocenters. The number of carbonyl (C=O) groups is 1. The van der Waals surface area contributed by atoms with E-state index in [0.717, 1.165) is 10.9 Å². The summed E-state index contributed by atoms with van der Waals surface area (Å²) in [4.78, 5) is 15.1. The lowest BCUT2D eigenvalue weighted by Gasteiger charge is -2.02. The first kappa shape index (κ1) is 11.3. The summed E-state index contributed by atoms with van der Waals surface area (Å²) in [6.45, 7) is 0. The third-order valence-electron chi connectivity index (χ3n) is 2.90. The Labute approximate surface area is 109 Å². The van der Waals surface area contributed by atoms with Crippen LogP contribution in [-0.2, 0) is 0 Å². The Bertz CT molecular complexity index is 732. The molecule has 0 bridgehead atoms. The number of anilines is 1. The van der Waals surface area contributed by atoms with Crippen molar-refractivity contribution in [3.05, 3.63) is 60.3 Å². The van der Waals surface area contributed by atoms with Crippen LogP contribution in [0, 0.1) is 0 Å². The molecule has 0 aliphatic carbocycles. The normalized spacial score (nSPS) is 10.5. The van der Waals surface area contributed by atoms with Gasteiger partial charge in [-0.3, -0.25) is 0 Å². The second kappa shape index (κ2) is 4.49. The van der Waals surface area contributed by atoms with E-state index < -0.39 is 5.97 Å². The fourth-order valence-electron chi connectivity index (χ4n) is 1.97. The molecule has 0 aliphatic heterocycles. The number of esters is 1. The van der Waals surface area contributed by atoms with Crippen molar-refractivity contribution >= 4 is 22.6 Å². The van der Waals surface area contributed by atoms with E-state index in [1.165, 1.54) is 0 Å². The average Bonchev–Trinajstić information content (AvgIpc) is 2.78. The van der Waals surface area contributed by atoms with Gasteiger partial charge in [-0.1, -0.05) is 36.4 Å². The van der Waals surface area contributed by atoms with Crippen molar-refractivity contribution in [2.24, 2.45) is 0 Å². The molecule has 4 heteroatoms. The molecule has 0 spiro atoms. The maximum atomic E-state index is 12.1. The van der Waals surface area contributed by atoms with Gasteiger partial charge < -0.3 is 15.5 Å². The molecular weight excluding hydrogens is 240 g/mol. The molecule has 4 nitrogen and oxygen atoms in total. The van der Waals surface area contributed by atoms with Crippen LogP contribution in [0.25, 0.3) is 10.9 Å². The molecule has 94 valence electrons. The number of fused-ring (bicyclic) bond motifs is 1. The van der Waals surface area contributed by atoms with Crippen LogP contribution in [-0.4, -0.2) is 11.0 Å². The van der Waals surface area contributed by atoms with E-state index in [2.05, 4.69) is 4.98 Å². The largest absolute Gasteiger partial charge is 0.422 e. The molecule has 0 amide bonds. The molecule has 0 aliphatic rings. The van der Waals surface area contributed by atoms with E-state index in [-0.39, 0.29) is 5.69 Å². The molecule has 0 saturated heterocycles. The van der Waals surface area contributed by atoms with E-state index in [4.69, 9.17) is 10.5 Å².